The summed E-state index contributed by atoms with van der Waals surface area (Å²) in [4.78, 5) is 18.1. The molecule has 0 aliphatic carbocycles. The van der Waals surface area contributed by atoms with E-state index in [2.05, 4.69) is 9.97 Å². The molecule has 0 saturated carbocycles. The van der Waals surface area contributed by atoms with E-state index in [-0.39, 0.29) is 11.4 Å². The number of aromatic amines is 1. The zero-order valence-electron chi connectivity index (χ0n) is 10.5. The second kappa shape index (κ2) is 4.57. The number of H-pyrrole nitrogens is 1. The van der Waals surface area contributed by atoms with E-state index in [0.717, 1.165) is 4.31 Å². The molecule has 2 N–H and O–H groups in total. The zero-order valence-corrected chi connectivity index (χ0v) is 11.3. The molecule has 1 atom stereocenters. The summed E-state index contributed by atoms with van der Waals surface area (Å²) in [5.41, 5.74) is 0.470. The van der Waals surface area contributed by atoms with E-state index in [9.17, 15) is 13.2 Å². The number of hydrogen-bond acceptors (Lipinski definition) is 4. The third-order valence-electron chi connectivity index (χ3n) is 3.49. The van der Waals surface area contributed by atoms with Crippen LogP contribution in [0.15, 0.2) is 29.4 Å². The van der Waals surface area contributed by atoms with Gasteiger partial charge >= 0.3 is 5.97 Å². The molecule has 3 heterocycles. The Labute approximate surface area is 115 Å². The van der Waals surface area contributed by atoms with Crippen molar-refractivity contribution in [2.75, 3.05) is 6.54 Å². The van der Waals surface area contributed by atoms with Crippen LogP contribution in [-0.4, -0.2) is 46.4 Å². The van der Waals surface area contributed by atoms with Crippen LogP contribution in [-0.2, 0) is 14.8 Å². The minimum atomic E-state index is -3.83. The first-order chi connectivity index (χ1) is 9.51. The first-order valence-electron chi connectivity index (χ1n) is 6.18. The maximum absolute atomic E-state index is 12.6. The Morgan fingerprint density at radius 3 is 3.05 bits per heavy atom. The van der Waals surface area contributed by atoms with Crippen molar-refractivity contribution in [1.82, 2.24) is 14.3 Å². The van der Waals surface area contributed by atoms with Gasteiger partial charge in [-0.3, -0.25) is 4.79 Å². The quantitative estimate of drug-likeness (QED) is 0.871. The minimum absolute atomic E-state index is 0.0775. The van der Waals surface area contributed by atoms with E-state index < -0.39 is 22.0 Å². The lowest BCUT2D eigenvalue weighted by Crippen LogP contribution is -2.40. The van der Waals surface area contributed by atoms with Gasteiger partial charge in [-0.1, -0.05) is 0 Å². The molecule has 1 fully saturated rings. The fraction of sp³-hybridized carbons (Fsp3) is 0.333. The second-order valence-corrected chi connectivity index (χ2v) is 6.52. The van der Waals surface area contributed by atoms with E-state index in [1.807, 2.05) is 0 Å². The van der Waals surface area contributed by atoms with E-state index >= 15 is 0 Å². The smallest absolute Gasteiger partial charge is 0.322 e. The summed E-state index contributed by atoms with van der Waals surface area (Å²) in [7, 11) is -3.83. The molecule has 0 spiro atoms. The molecule has 1 aliphatic rings. The van der Waals surface area contributed by atoms with Crippen LogP contribution in [0.4, 0.5) is 0 Å². The summed E-state index contributed by atoms with van der Waals surface area (Å²) in [6.45, 7) is 0.228. The second-order valence-electron chi connectivity index (χ2n) is 4.66. The number of carboxylic acid groups (broad SMARTS) is 1. The number of aromatic nitrogens is 2. The van der Waals surface area contributed by atoms with E-state index in [1.165, 1.54) is 6.20 Å². The molecule has 7 nitrogen and oxygen atoms in total. The summed E-state index contributed by atoms with van der Waals surface area (Å²) in [5, 5.41) is 9.61. The van der Waals surface area contributed by atoms with Gasteiger partial charge in [0, 0.05) is 24.3 Å². The molecule has 20 heavy (non-hydrogen) atoms. The summed E-state index contributed by atoms with van der Waals surface area (Å²) in [6.07, 6.45) is 3.82. The fourth-order valence-corrected chi connectivity index (χ4v) is 4.35. The van der Waals surface area contributed by atoms with E-state index in [0.29, 0.717) is 23.9 Å². The van der Waals surface area contributed by atoms with Gasteiger partial charge in [0.1, 0.15) is 16.6 Å². The summed E-state index contributed by atoms with van der Waals surface area (Å²) in [6, 6.07) is 2.31. The molecule has 106 valence electrons. The first-order valence-corrected chi connectivity index (χ1v) is 7.62. The van der Waals surface area contributed by atoms with Crippen LogP contribution in [0.3, 0.4) is 0 Å². The molecular formula is C12H13N3O4S. The van der Waals surface area contributed by atoms with Gasteiger partial charge in [0.25, 0.3) is 0 Å². The average Bonchev–Trinajstić information content (AvgIpc) is 3.06. The third kappa shape index (κ3) is 1.88. The van der Waals surface area contributed by atoms with Gasteiger partial charge in [0.2, 0.25) is 10.0 Å². The van der Waals surface area contributed by atoms with Crippen molar-refractivity contribution < 1.29 is 18.3 Å². The number of aliphatic carboxylic acids is 1. The van der Waals surface area contributed by atoms with Crippen molar-refractivity contribution in [1.29, 1.82) is 0 Å². The number of carboxylic acids is 1. The van der Waals surface area contributed by atoms with Gasteiger partial charge in [-0.05, 0) is 25.0 Å². The Morgan fingerprint density at radius 2 is 2.30 bits per heavy atom. The Bertz CT molecular complexity index is 768. The highest BCUT2D eigenvalue weighted by Crippen LogP contribution is 2.29. The van der Waals surface area contributed by atoms with Gasteiger partial charge in [0.05, 0.1) is 0 Å². The zero-order chi connectivity index (χ0) is 14.3. The topological polar surface area (TPSA) is 103 Å². The average molecular weight is 295 g/mol. The molecule has 0 aromatic carbocycles. The highest BCUT2D eigenvalue weighted by molar-refractivity contribution is 7.89. The lowest BCUT2D eigenvalue weighted by atomic mass is 10.2. The SMILES string of the molecule is O=C(O)[C@H]1CCCN1S(=O)(=O)c1c[nH]c2ncccc12. The molecule has 0 amide bonds. The largest absolute Gasteiger partial charge is 0.480 e. The molecule has 1 saturated heterocycles. The van der Waals surface area contributed by atoms with Gasteiger partial charge in [-0.2, -0.15) is 4.31 Å². The van der Waals surface area contributed by atoms with Gasteiger partial charge in [-0.25, -0.2) is 13.4 Å². The summed E-state index contributed by atoms with van der Waals surface area (Å²) < 4.78 is 26.3. The first kappa shape index (κ1) is 13.1. The molecule has 2 aromatic rings. The number of pyridine rings is 1. The van der Waals surface area contributed by atoms with E-state index in [1.54, 1.807) is 18.3 Å². The maximum atomic E-state index is 12.6. The third-order valence-corrected chi connectivity index (χ3v) is 5.44. The predicted octanol–water partition coefficient (Wildman–Crippen LogP) is 0.801. The summed E-state index contributed by atoms with van der Waals surface area (Å²) >= 11 is 0. The fourth-order valence-electron chi connectivity index (χ4n) is 2.55. The van der Waals surface area contributed by atoms with Crippen LogP contribution in [0, 0.1) is 0 Å². The monoisotopic (exact) mass is 295 g/mol. The molecule has 2 aromatic heterocycles. The Kier molecular flexibility index (Phi) is 2.98. The van der Waals surface area contributed by atoms with E-state index in [4.69, 9.17) is 5.11 Å². The van der Waals surface area contributed by atoms with Crippen LogP contribution >= 0.6 is 0 Å². The van der Waals surface area contributed by atoms with Crippen LogP contribution in [0.2, 0.25) is 0 Å². The van der Waals surface area contributed by atoms with Crippen molar-refractivity contribution in [2.45, 2.75) is 23.8 Å². The molecule has 8 heteroatoms. The van der Waals surface area contributed by atoms with Crippen LogP contribution in [0.5, 0.6) is 0 Å². The molecule has 0 unspecified atom stereocenters. The van der Waals surface area contributed by atoms with Crippen molar-refractivity contribution in [2.24, 2.45) is 0 Å². The number of nitrogens with zero attached hydrogens (tertiary/aromatic N) is 2. The Hall–Kier alpha value is -1.93. The van der Waals surface area contributed by atoms with Crippen molar-refractivity contribution in [3.8, 4) is 0 Å². The number of fused-ring (bicyclic) bond motifs is 1. The highest BCUT2D eigenvalue weighted by atomic mass is 32.2. The lowest BCUT2D eigenvalue weighted by molar-refractivity contribution is -0.140. The number of carbonyl (C=O) groups is 1. The Morgan fingerprint density at radius 1 is 1.50 bits per heavy atom. The molecule has 3 rings (SSSR count). The highest BCUT2D eigenvalue weighted by Gasteiger charge is 2.40. The minimum Gasteiger partial charge on any atom is -0.480 e. The predicted molar refractivity (Wildman–Crippen MR) is 70.6 cm³/mol. The van der Waals surface area contributed by atoms with Gasteiger partial charge in [0.15, 0.2) is 0 Å². The van der Waals surface area contributed by atoms with Gasteiger partial charge < -0.3 is 10.1 Å². The molecule has 1 aliphatic heterocycles. The Balaban J connectivity index is 2.10. The molecular weight excluding hydrogens is 282 g/mol. The van der Waals surface area contributed by atoms with Gasteiger partial charge in [-0.15, -0.1) is 0 Å². The number of hydrogen-bond donors (Lipinski definition) is 2. The standard InChI is InChI=1S/C12H13N3O4S/c16-12(17)9-4-2-6-15(9)20(18,19)10-7-14-11-8(10)3-1-5-13-11/h1,3,5,7,9H,2,4,6H2,(H,13,14)(H,16,17)/t9-/m1/s1. The molecule has 0 bridgehead atoms. The van der Waals surface area contributed by atoms with Crippen LogP contribution in [0.1, 0.15) is 12.8 Å². The lowest BCUT2D eigenvalue weighted by Gasteiger charge is -2.20. The van der Waals surface area contributed by atoms with Crippen molar-refractivity contribution in [3.05, 3.63) is 24.5 Å². The summed E-state index contributed by atoms with van der Waals surface area (Å²) in [5.74, 6) is -1.11. The van der Waals surface area contributed by atoms with Crippen molar-refractivity contribution in [3.63, 3.8) is 0 Å². The number of rotatable bonds is 3. The van der Waals surface area contributed by atoms with Crippen LogP contribution in [0.25, 0.3) is 11.0 Å². The normalized spacial score (nSPS) is 20.5. The number of nitrogens with one attached hydrogen (secondary N) is 1. The van der Waals surface area contributed by atoms with Crippen LogP contribution < -0.4 is 0 Å². The van der Waals surface area contributed by atoms with Crippen molar-refractivity contribution >= 4 is 27.0 Å². The maximum Gasteiger partial charge on any atom is 0.322 e. The molecule has 0 radical (unpaired) electrons. The number of sulfonamides is 1.